The van der Waals surface area contributed by atoms with Gasteiger partial charge < -0.3 is 25.7 Å². The number of anilines is 2. The number of carbonyl (C=O) groups is 3. The van der Waals surface area contributed by atoms with E-state index in [1.807, 2.05) is 30.3 Å². The largest absolute Gasteiger partial charge is 0.478 e. The Bertz CT molecular complexity index is 1430. The number of hydrogen-bond donors (Lipinski definition) is 5. The molecule has 0 bridgehead atoms. The van der Waals surface area contributed by atoms with Gasteiger partial charge in [0.15, 0.2) is 0 Å². The number of fused-ring (bicyclic) bond motifs is 1. The minimum Gasteiger partial charge on any atom is -0.478 e. The van der Waals surface area contributed by atoms with Gasteiger partial charge in [-0.25, -0.2) is 10.3 Å². The third-order valence-corrected chi connectivity index (χ3v) is 6.97. The lowest BCUT2D eigenvalue weighted by Gasteiger charge is -2.29. The Labute approximate surface area is 231 Å². The van der Waals surface area contributed by atoms with Crippen molar-refractivity contribution < 1.29 is 29.4 Å². The van der Waals surface area contributed by atoms with Gasteiger partial charge in [-0.15, -0.1) is 0 Å². The van der Waals surface area contributed by atoms with E-state index in [0.717, 1.165) is 31.5 Å². The SMILES string of the molecule is O=C1Nc2cc(C(=O)O)ccc2/C1=C(/Nc1ccc(C(=O)NOCCN2CCC(O)CC2)cc1)c1ccccc1. The summed E-state index contributed by atoms with van der Waals surface area (Å²) in [7, 11) is 0. The number of nitrogens with zero attached hydrogens (tertiary/aromatic N) is 1. The number of piperidine rings is 1. The lowest BCUT2D eigenvalue weighted by molar-refractivity contribution is -0.110. The van der Waals surface area contributed by atoms with Crippen LogP contribution in [0.2, 0.25) is 0 Å². The molecule has 10 nitrogen and oxygen atoms in total. The van der Waals surface area contributed by atoms with Crippen LogP contribution in [0.4, 0.5) is 11.4 Å². The van der Waals surface area contributed by atoms with Crippen molar-refractivity contribution in [3.05, 3.63) is 95.1 Å². The van der Waals surface area contributed by atoms with Crippen molar-refractivity contribution in [3.8, 4) is 0 Å². The Morgan fingerprint density at radius 1 is 0.950 bits per heavy atom. The van der Waals surface area contributed by atoms with Crippen LogP contribution in [-0.4, -0.2) is 65.2 Å². The van der Waals surface area contributed by atoms with E-state index in [-0.39, 0.29) is 23.5 Å². The van der Waals surface area contributed by atoms with Crippen LogP contribution in [0.5, 0.6) is 0 Å². The molecule has 0 aromatic heterocycles. The summed E-state index contributed by atoms with van der Waals surface area (Å²) in [6.45, 7) is 2.63. The highest BCUT2D eigenvalue weighted by Gasteiger charge is 2.29. The van der Waals surface area contributed by atoms with Crippen LogP contribution in [0, 0.1) is 0 Å². The maximum Gasteiger partial charge on any atom is 0.335 e. The molecule has 40 heavy (non-hydrogen) atoms. The van der Waals surface area contributed by atoms with Gasteiger partial charge in [0.2, 0.25) is 0 Å². The zero-order valence-corrected chi connectivity index (χ0v) is 21.7. The summed E-state index contributed by atoms with van der Waals surface area (Å²) in [5.74, 6) is -1.80. The lowest BCUT2D eigenvalue weighted by Crippen LogP contribution is -2.38. The molecule has 2 aliphatic heterocycles. The first-order valence-electron chi connectivity index (χ1n) is 13.1. The van der Waals surface area contributed by atoms with Crippen LogP contribution in [0.1, 0.15) is 44.7 Å². The molecule has 0 radical (unpaired) electrons. The van der Waals surface area contributed by atoms with E-state index in [9.17, 15) is 24.6 Å². The summed E-state index contributed by atoms with van der Waals surface area (Å²) < 4.78 is 0. The summed E-state index contributed by atoms with van der Waals surface area (Å²) in [6, 6.07) is 20.7. The number of rotatable bonds is 9. The fraction of sp³-hybridized carbons (Fsp3) is 0.233. The molecule has 206 valence electrons. The Morgan fingerprint density at radius 2 is 1.65 bits per heavy atom. The Hall–Kier alpha value is -4.51. The van der Waals surface area contributed by atoms with Crippen molar-refractivity contribution in [3.63, 3.8) is 0 Å². The van der Waals surface area contributed by atoms with Gasteiger partial charge in [0.1, 0.15) is 0 Å². The van der Waals surface area contributed by atoms with Crippen molar-refractivity contribution in [2.75, 3.05) is 36.9 Å². The number of carbonyl (C=O) groups excluding carboxylic acids is 2. The van der Waals surface area contributed by atoms with Crippen molar-refractivity contribution in [1.29, 1.82) is 0 Å². The van der Waals surface area contributed by atoms with E-state index in [4.69, 9.17) is 4.84 Å². The minimum atomic E-state index is -1.08. The maximum atomic E-state index is 13.1. The minimum absolute atomic E-state index is 0.0821. The Kier molecular flexibility index (Phi) is 8.20. The van der Waals surface area contributed by atoms with Crippen LogP contribution in [-0.2, 0) is 9.63 Å². The van der Waals surface area contributed by atoms with Crippen molar-refractivity contribution in [2.45, 2.75) is 18.9 Å². The van der Waals surface area contributed by atoms with E-state index in [2.05, 4.69) is 21.0 Å². The Balaban J connectivity index is 1.29. The fourth-order valence-corrected chi connectivity index (χ4v) is 4.78. The molecule has 0 saturated carbocycles. The number of nitrogens with one attached hydrogen (secondary N) is 3. The summed E-state index contributed by atoms with van der Waals surface area (Å²) in [5, 5.41) is 25.0. The molecule has 0 unspecified atom stereocenters. The second-order valence-electron chi connectivity index (χ2n) is 9.69. The number of aromatic carboxylic acids is 1. The lowest BCUT2D eigenvalue weighted by atomic mass is 9.99. The first kappa shape index (κ1) is 27.1. The second kappa shape index (κ2) is 12.1. The highest BCUT2D eigenvalue weighted by atomic mass is 16.7. The molecule has 1 saturated heterocycles. The summed E-state index contributed by atoms with van der Waals surface area (Å²) in [6.07, 6.45) is 1.27. The van der Waals surface area contributed by atoms with Gasteiger partial charge in [0, 0.05) is 36.4 Å². The molecular formula is C30H30N4O6. The number of hydroxylamine groups is 1. The first-order chi connectivity index (χ1) is 19.4. The first-order valence-corrected chi connectivity index (χ1v) is 13.1. The third kappa shape index (κ3) is 6.20. The zero-order valence-electron chi connectivity index (χ0n) is 21.7. The normalized spacial score (nSPS) is 16.7. The van der Waals surface area contributed by atoms with E-state index in [1.165, 1.54) is 12.1 Å². The van der Waals surface area contributed by atoms with Crippen LogP contribution in [0.25, 0.3) is 11.3 Å². The number of aliphatic hydroxyl groups is 1. The zero-order chi connectivity index (χ0) is 28.1. The molecule has 3 aromatic rings. The van der Waals surface area contributed by atoms with Crippen molar-refractivity contribution in [1.82, 2.24) is 10.4 Å². The number of likely N-dealkylation sites (tertiary alicyclic amines) is 1. The van der Waals surface area contributed by atoms with Crippen LogP contribution in [0.3, 0.4) is 0 Å². The van der Waals surface area contributed by atoms with E-state index in [0.29, 0.717) is 46.9 Å². The standard InChI is InChI=1S/C30H30N4O6/c35-23-12-14-34(15-13-23)16-17-40-33-28(36)20-6-9-22(10-7-20)31-27(19-4-2-1-3-5-19)26-24-11-8-21(30(38)39)18-25(24)32-29(26)37/h1-11,18,23,31,35H,12-17H2,(H,32,37)(H,33,36)(H,38,39)/b27-26-. The molecule has 1 fully saturated rings. The summed E-state index contributed by atoms with van der Waals surface area (Å²) in [4.78, 5) is 44.6. The molecule has 0 spiro atoms. The number of hydrogen-bond acceptors (Lipinski definition) is 7. The number of benzene rings is 3. The molecule has 3 aromatic carbocycles. The van der Waals surface area contributed by atoms with Crippen LogP contribution in [0.15, 0.2) is 72.8 Å². The predicted molar refractivity (Wildman–Crippen MR) is 150 cm³/mol. The van der Waals surface area contributed by atoms with Crippen molar-refractivity contribution in [2.24, 2.45) is 0 Å². The van der Waals surface area contributed by atoms with Gasteiger partial charge in [0.05, 0.1) is 35.2 Å². The summed E-state index contributed by atoms with van der Waals surface area (Å²) >= 11 is 0. The molecule has 5 rings (SSSR count). The van der Waals surface area contributed by atoms with Gasteiger partial charge in [-0.2, -0.15) is 0 Å². The number of amides is 2. The highest BCUT2D eigenvalue weighted by Crippen LogP contribution is 2.38. The van der Waals surface area contributed by atoms with Crippen LogP contribution >= 0.6 is 0 Å². The molecular weight excluding hydrogens is 512 g/mol. The molecule has 10 heteroatoms. The maximum absolute atomic E-state index is 13.1. The highest BCUT2D eigenvalue weighted by molar-refractivity contribution is 6.37. The van der Waals surface area contributed by atoms with Gasteiger partial charge in [-0.1, -0.05) is 36.4 Å². The predicted octanol–water partition coefficient (Wildman–Crippen LogP) is 3.44. The van der Waals surface area contributed by atoms with Gasteiger partial charge in [0.25, 0.3) is 11.8 Å². The van der Waals surface area contributed by atoms with Gasteiger partial charge in [-0.3, -0.25) is 14.4 Å². The smallest absolute Gasteiger partial charge is 0.335 e. The molecule has 0 atom stereocenters. The van der Waals surface area contributed by atoms with Gasteiger partial charge in [-0.05, 0) is 54.8 Å². The Morgan fingerprint density at radius 3 is 2.35 bits per heavy atom. The monoisotopic (exact) mass is 542 g/mol. The van der Waals surface area contributed by atoms with Crippen molar-refractivity contribution >= 4 is 40.4 Å². The second-order valence-corrected chi connectivity index (χ2v) is 9.69. The van der Waals surface area contributed by atoms with Gasteiger partial charge >= 0.3 is 5.97 Å². The van der Waals surface area contributed by atoms with E-state index in [1.54, 1.807) is 30.3 Å². The number of carboxylic acids is 1. The number of carboxylic acid groups (broad SMARTS) is 1. The van der Waals surface area contributed by atoms with Crippen LogP contribution < -0.4 is 16.1 Å². The number of aliphatic hydroxyl groups excluding tert-OH is 1. The van der Waals surface area contributed by atoms with E-state index < -0.39 is 5.97 Å². The molecule has 2 aliphatic rings. The average Bonchev–Trinajstić information content (AvgIpc) is 3.30. The summed E-state index contributed by atoms with van der Waals surface area (Å²) in [5.41, 5.74) is 6.33. The molecule has 0 aliphatic carbocycles. The fourth-order valence-electron chi connectivity index (χ4n) is 4.78. The molecule has 2 amide bonds. The molecule has 5 N–H and O–H groups in total. The average molecular weight is 543 g/mol. The topological polar surface area (TPSA) is 140 Å². The quantitative estimate of drug-likeness (QED) is 0.157. The molecule has 2 heterocycles. The third-order valence-electron chi connectivity index (χ3n) is 6.97. The van der Waals surface area contributed by atoms with E-state index >= 15 is 0 Å².